The third-order valence-electron chi connectivity index (χ3n) is 4.70. The van der Waals surface area contributed by atoms with Crippen molar-refractivity contribution in [2.24, 2.45) is 5.73 Å². The summed E-state index contributed by atoms with van der Waals surface area (Å²) >= 11 is 0. The lowest BCUT2D eigenvalue weighted by Crippen LogP contribution is -2.27. The summed E-state index contributed by atoms with van der Waals surface area (Å²) in [5.41, 5.74) is 7.68. The molecule has 1 nitrogen and oxygen atoms in total. The number of alkyl halides is 1. The lowest BCUT2D eigenvalue weighted by molar-refractivity contribution is 0.141. The van der Waals surface area contributed by atoms with Crippen LogP contribution in [0.25, 0.3) is 0 Å². The van der Waals surface area contributed by atoms with E-state index in [9.17, 15) is 4.39 Å². The Bertz CT molecular complexity index is 431. The van der Waals surface area contributed by atoms with E-state index in [1.54, 1.807) is 0 Å². The number of aryl methyl sites for hydroxylation is 1. The Morgan fingerprint density at radius 1 is 1.28 bits per heavy atom. The highest BCUT2D eigenvalue weighted by molar-refractivity contribution is 5.33. The quantitative estimate of drug-likeness (QED) is 0.847. The second-order valence-electron chi connectivity index (χ2n) is 6.15. The number of hydrogen-bond acceptors (Lipinski definition) is 1. The Morgan fingerprint density at radius 2 is 2.11 bits per heavy atom. The van der Waals surface area contributed by atoms with Crippen molar-refractivity contribution in [3.8, 4) is 0 Å². The predicted molar refractivity (Wildman–Crippen MR) is 72.4 cm³/mol. The van der Waals surface area contributed by atoms with Gasteiger partial charge in [-0.25, -0.2) is 4.39 Å². The van der Waals surface area contributed by atoms with Crippen molar-refractivity contribution in [3.05, 3.63) is 35.4 Å². The summed E-state index contributed by atoms with van der Waals surface area (Å²) in [7, 11) is 0. The number of rotatable bonds is 2. The van der Waals surface area contributed by atoms with Gasteiger partial charge in [0, 0.05) is 6.04 Å². The Labute approximate surface area is 109 Å². The molecule has 0 heterocycles. The number of fused-ring (bicyclic) bond motifs is 1. The first-order chi connectivity index (χ1) is 8.66. The van der Waals surface area contributed by atoms with E-state index in [2.05, 4.69) is 24.3 Å². The molecular weight excluding hydrogens is 225 g/mol. The molecule has 0 amide bonds. The first-order valence-electron chi connectivity index (χ1n) is 7.19. The van der Waals surface area contributed by atoms with Crippen molar-refractivity contribution in [1.29, 1.82) is 0 Å². The molecule has 0 aromatic heterocycles. The van der Waals surface area contributed by atoms with Gasteiger partial charge < -0.3 is 5.73 Å². The van der Waals surface area contributed by atoms with Crippen LogP contribution < -0.4 is 5.73 Å². The van der Waals surface area contributed by atoms with Crippen LogP contribution in [0.1, 0.15) is 55.6 Å². The summed E-state index contributed by atoms with van der Waals surface area (Å²) in [6.45, 7) is 0. The van der Waals surface area contributed by atoms with Gasteiger partial charge in [0.25, 0.3) is 0 Å². The van der Waals surface area contributed by atoms with Gasteiger partial charge >= 0.3 is 0 Å². The molecule has 2 aliphatic carbocycles. The van der Waals surface area contributed by atoms with Gasteiger partial charge in [-0.3, -0.25) is 0 Å². The third kappa shape index (κ3) is 2.31. The summed E-state index contributed by atoms with van der Waals surface area (Å²) in [5.74, 6) is 0.408. The van der Waals surface area contributed by atoms with E-state index in [0.717, 1.165) is 19.3 Å². The maximum absolute atomic E-state index is 14.8. The minimum atomic E-state index is -1.01. The predicted octanol–water partition coefficient (Wildman–Crippen LogP) is 3.72. The van der Waals surface area contributed by atoms with Gasteiger partial charge in [0.15, 0.2) is 0 Å². The minimum Gasteiger partial charge on any atom is -0.328 e. The number of benzene rings is 1. The topological polar surface area (TPSA) is 26.0 Å². The molecule has 1 aromatic carbocycles. The largest absolute Gasteiger partial charge is 0.328 e. The van der Waals surface area contributed by atoms with E-state index < -0.39 is 5.67 Å². The zero-order chi connectivity index (χ0) is 12.6. The van der Waals surface area contributed by atoms with Crippen molar-refractivity contribution < 1.29 is 4.39 Å². The van der Waals surface area contributed by atoms with Crippen LogP contribution in [0, 0.1) is 0 Å². The number of hydrogen-bond donors (Lipinski definition) is 1. The number of halogens is 1. The van der Waals surface area contributed by atoms with Crippen molar-refractivity contribution in [2.75, 3.05) is 0 Å². The highest BCUT2D eigenvalue weighted by Gasteiger charge is 2.40. The molecule has 18 heavy (non-hydrogen) atoms. The second-order valence-corrected chi connectivity index (χ2v) is 6.15. The fraction of sp³-hybridized carbons (Fsp3) is 0.625. The van der Waals surface area contributed by atoms with Gasteiger partial charge in [0.1, 0.15) is 5.67 Å². The Balaban J connectivity index is 1.78. The SMILES string of the molecule is NC1CCC(F)(CC2CCCc3ccccc32)C1. The van der Waals surface area contributed by atoms with Gasteiger partial charge in [-0.1, -0.05) is 24.3 Å². The summed E-state index contributed by atoms with van der Waals surface area (Å²) < 4.78 is 14.8. The average molecular weight is 247 g/mol. The van der Waals surface area contributed by atoms with Crippen LogP contribution in [0.5, 0.6) is 0 Å². The van der Waals surface area contributed by atoms with Crippen molar-refractivity contribution in [3.63, 3.8) is 0 Å². The standard InChI is InChI=1S/C16H22FN/c17-16(9-8-14(18)11-16)10-13-6-3-5-12-4-1-2-7-15(12)13/h1-2,4,7,13-14H,3,5-6,8-11,18H2. The molecule has 1 saturated carbocycles. The molecule has 0 bridgehead atoms. The van der Waals surface area contributed by atoms with E-state index >= 15 is 0 Å². The highest BCUT2D eigenvalue weighted by Crippen LogP contribution is 2.44. The van der Waals surface area contributed by atoms with E-state index in [-0.39, 0.29) is 6.04 Å². The smallest absolute Gasteiger partial charge is 0.113 e. The summed E-state index contributed by atoms with van der Waals surface area (Å²) in [5, 5.41) is 0. The molecule has 0 radical (unpaired) electrons. The lowest BCUT2D eigenvalue weighted by atomic mass is 9.77. The van der Waals surface area contributed by atoms with Crippen molar-refractivity contribution in [2.45, 2.75) is 62.6 Å². The molecule has 3 atom stereocenters. The summed E-state index contributed by atoms with van der Waals surface area (Å²) in [6.07, 6.45) is 6.24. The van der Waals surface area contributed by atoms with Gasteiger partial charge in [0.2, 0.25) is 0 Å². The first kappa shape index (κ1) is 12.2. The van der Waals surface area contributed by atoms with Crippen LogP contribution in [0.4, 0.5) is 4.39 Å². The second kappa shape index (κ2) is 4.65. The van der Waals surface area contributed by atoms with Crippen LogP contribution in [0.3, 0.4) is 0 Å². The molecule has 2 aliphatic rings. The molecule has 2 heteroatoms. The van der Waals surface area contributed by atoms with Crippen LogP contribution >= 0.6 is 0 Å². The van der Waals surface area contributed by atoms with Gasteiger partial charge in [0.05, 0.1) is 0 Å². The van der Waals surface area contributed by atoms with Crippen LogP contribution in [-0.4, -0.2) is 11.7 Å². The molecule has 3 unspecified atom stereocenters. The van der Waals surface area contributed by atoms with Crippen LogP contribution in [0.2, 0.25) is 0 Å². The molecule has 1 aromatic rings. The molecule has 1 fully saturated rings. The zero-order valence-electron chi connectivity index (χ0n) is 10.9. The van der Waals surface area contributed by atoms with Crippen molar-refractivity contribution in [1.82, 2.24) is 0 Å². The van der Waals surface area contributed by atoms with E-state index in [1.165, 1.54) is 17.5 Å². The highest BCUT2D eigenvalue weighted by atomic mass is 19.1. The van der Waals surface area contributed by atoms with Gasteiger partial charge in [-0.15, -0.1) is 0 Å². The Kier molecular flexibility index (Phi) is 3.14. The monoisotopic (exact) mass is 247 g/mol. The Morgan fingerprint density at radius 3 is 2.89 bits per heavy atom. The molecular formula is C16H22FN. The Hall–Kier alpha value is -0.890. The van der Waals surface area contributed by atoms with Gasteiger partial charge in [-0.2, -0.15) is 0 Å². The molecule has 2 N–H and O–H groups in total. The lowest BCUT2D eigenvalue weighted by Gasteiger charge is -2.30. The summed E-state index contributed by atoms with van der Waals surface area (Å²) in [4.78, 5) is 0. The minimum absolute atomic E-state index is 0.0776. The zero-order valence-corrected chi connectivity index (χ0v) is 10.9. The third-order valence-corrected chi connectivity index (χ3v) is 4.70. The fourth-order valence-corrected chi connectivity index (χ4v) is 3.81. The first-order valence-corrected chi connectivity index (χ1v) is 7.19. The average Bonchev–Trinajstić information content (AvgIpc) is 2.70. The van der Waals surface area contributed by atoms with Gasteiger partial charge in [-0.05, 0) is 62.0 Å². The van der Waals surface area contributed by atoms with Crippen molar-refractivity contribution >= 4 is 0 Å². The van der Waals surface area contributed by atoms with E-state index in [4.69, 9.17) is 5.73 Å². The maximum Gasteiger partial charge on any atom is 0.113 e. The number of nitrogens with two attached hydrogens (primary N) is 1. The molecule has 3 rings (SSSR count). The normalized spacial score (nSPS) is 35.4. The molecule has 98 valence electrons. The van der Waals surface area contributed by atoms with E-state index in [1.807, 2.05) is 0 Å². The van der Waals surface area contributed by atoms with E-state index in [0.29, 0.717) is 25.2 Å². The summed E-state index contributed by atoms with van der Waals surface area (Å²) in [6, 6.07) is 8.65. The maximum atomic E-state index is 14.8. The molecule has 0 spiro atoms. The van der Waals surface area contributed by atoms with Crippen LogP contribution in [-0.2, 0) is 6.42 Å². The fourth-order valence-electron chi connectivity index (χ4n) is 3.81. The molecule has 0 saturated heterocycles. The molecule has 0 aliphatic heterocycles. The van der Waals surface area contributed by atoms with Crippen LogP contribution in [0.15, 0.2) is 24.3 Å².